The smallest absolute Gasteiger partial charge is 0.126 e. The summed E-state index contributed by atoms with van der Waals surface area (Å²) in [7, 11) is 4.09. The monoisotopic (exact) mass is 270 g/mol. The number of rotatable bonds is 2. The fraction of sp³-hybridized carbons (Fsp3) is 0.438. The quantitative estimate of drug-likeness (QED) is 0.912. The van der Waals surface area contributed by atoms with Crippen molar-refractivity contribution < 1.29 is 0 Å². The van der Waals surface area contributed by atoms with Crippen LogP contribution in [0.1, 0.15) is 25.2 Å². The van der Waals surface area contributed by atoms with Gasteiger partial charge in [0.15, 0.2) is 0 Å². The maximum absolute atomic E-state index is 6.20. The molecule has 0 spiro atoms. The minimum atomic E-state index is 0.0635. The Labute approximate surface area is 120 Å². The second-order valence-corrected chi connectivity index (χ2v) is 6.03. The normalized spacial score (nSPS) is 21.6. The van der Waals surface area contributed by atoms with Gasteiger partial charge in [-0.05, 0) is 24.5 Å². The molecule has 3 rings (SSSR count). The summed E-state index contributed by atoms with van der Waals surface area (Å²) in [5, 5.41) is 0. The summed E-state index contributed by atoms with van der Waals surface area (Å²) in [5.74, 6) is 1.64. The van der Waals surface area contributed by atoms with Crippen LogP contribution in [0.3, 0.4) is 0 Å². The lowest BCUT2D eigenvalue weighted by Crippen LogP contribution is -2.26. The second-order valence-electron chi connectivity index (χ2n) is 6.03. The summed E-state index contributed by atoms with van der Waals surface area (Å²) >= 11 is 0. The Morgan fingerprint density at radius 2 is 1.95 bits per heavy atom. The number of hydrogen-bond donors (Lipinski definition) is 1. The highest BCUT2D eigenvalue weighted by Crippen LogP contribution is 2.30. The Morgan fingerprint density at radius 3 is 2.60 bits per heavy atom. The first-order chi connectivity index (χ1) is 9.54. The number of anilines is 1. The van der Waals surface area contributed by atoms with E-state index in [9.17, 15) is 0 Å². The number of nitrogens with zero attached hydrogens (tertiary/aromatic N) is 3. The van der Waals surface area contributed by atoms with Gasteiger partial charge in [-0.3, -0.25) is 0 Å². The molecule has 0 fully saturated rings. The number of benzene rings is 1. The fourth-order valence-electron chi connectivity index (χ4n) is 2.89. The van der Waals surface area contributed by atoms with E-state index in [1.807, 2.05) is 14.1 Å². The summed E-state index contributed by atoms with van der Waals surface area (Å²) in [5.41, 5.74) is 9.57. The molecule has 4 nitrogen and oxygen atoms in total. The number of imidazole rings is 1. The van der Waals surface area contributed by atoms with E-state index in [1.54, 1.807) is 0 Å². The van der Waals surface area contributed by atoms with Crippen molar-refractivity contribution in [2.24, 2.45) is 11.7 Å². The lowest BCUT2D eigenvalue weighted by atomic mass is 9.98. The third-order valence-corrected chi connectivity index (χ3v) is 3.98. The zero-order valence-electron chi connectivity index (χ0n) is 12.4. The summed E-state index contributed by atoms with van der Waals surface area (Å²) in [4.78, 5) is 6.83. The molecule has 1 aromatic carbocycles. The van der Waals surface area contributed by atoms with Crippen molar-refractivity contribution in [3.8, 4) is 11.3 Å². The summed E-state index contributed by atoms with van der Waals surface area (Å²) < 4.78 is 2.22. The molecule has 2 unspecified atom stereocenters. The van der Waals surface area contributed by atoms with Crippen LogP contribution in [0, 0.1) is 5.92 Å². The Hall–Kier alpha value is -1.81. The minimum Gasteiger partial charge on any atom is -0.378 e. The number of hydrogen-bond acceptors (Lipinski definition) is 3. The summed E-state index contributed by atoms with van der Waals surface area (Å²) in [6, 6.07) is 8.55. The van der Waals surface area contributed by atoms with Gasteiger partial charge in [0.05, 0.1) is 11.7 Å². The SMILES string of the molecule is CC1CC(N)c2nc(-c3ccc(N(C)C)cc3)cn2C1. The van der Waals surface area contributed by atoms with E-state index >= 15 is 0 Å². The van der Waals surface area contributed by atoms with Crippen LogP contribution in [-0.4, -0.2) is 23.6 Å². The number of fused-ring (bicyclic) bond motifs is 1. The molecule has 0 radical (unpaired) electrons. The van der Waals surface area contributed by atoms with Crippen LogP contribution in [0.25, 0.3) is 11.3 Å². The van der Waals surface area contributed by atoms with E-state index in [-0.39, 0.29) is 6.04 Å². The molecule has 1 aromatic heterocycles. The van der Waals surface area contributed by atoms with Crippen LogP contribution in [0.5, 0.6) is 0 Å². The van der Waals surface area contributed by atoms with Crippen LogP contribution in [-0.2, 0) is 6.54 Å². The molecule has 0 amide bonds. The maximum Gasteiger partial charge on any atom is 0.126 e. The van der Waals surface area contributed by atoms with Gasteiger partial charge in [-0.1, -0.05) is 19.1 Å². The fourth-order valence-corrected chi connectivity index (χ4v) is 2.89. The summed E-state index contributed by atoms with van der Waals surface area (Å²) in [6.07, 6.45) is 3.16. The number of aromatic nitrogens is 2. The largest absolute Gasteiger partial charge is 0.378 e. The molecule has 4 heteroatoms. The van der Waals surface area contributed by atoms with Crippen LogP contribution in [0.2, 0.25) is 0 Å². The molecule has 0 saturated carbocycles. The van der Waals surface area contributed by atoms with Crippen molar-refractivity contribution >= 4 is 5.69 Å². The zero-order chi connectivity index (χ0) is 14.3. The highest BCUT2D eigenvalue weighted by atomic mass is 15.1. The standard InChI is InChI=1S/C16H22N4/c1-11-8-14(17)16-18-15(10-20(16)9-11)12-4-6-13(7-5-12)19(2)3/h4-7,10-11,14H,8-9,17H2,1-3H3. The van der Waals surface area contributed by atoms with Crippen molar-refractivity contribution in [2.75, 3.05) is 19.0 Å². The van der Waals surface area contributed by atoms with Crippen LogP contribution in [0.15, 0.2) is 30.5 Å². The molecule has 0 saturated heterocycles. The topological polar surface area (TPSA) is 47.1 Å². The van der Waals surface area contributed by atoms with E-state index in [0.29, 0.717) is 5.92 Å². The van der Waals surface area contributed by atoms with Gasteiger partial charge in [0.25, 0.3) is 0 Å². The van der Waals surface area contributed by atoms with Crippen LogP contribution >= 0.6 is 0 Å². The molecule has 0 bridgehead atoms. The molecule has 2 N–H and O–H groups in total. The van der Waals surface area contributed by atoms with Crippen LogP contribution in [0.4, 0.5) is 5.69 Å². The van der Waals surface area contributed by atoms with Gasteiger partial charge < -0.3 is 15.2 Å². The Balaban J connectivity index is 1.93. The predicted octanol–water partition coefficient (Wildman–Crippen LogP) is 2.66. The zero-order valence-corrected chi connectivity index (χ0v) is 12.4. The molecule has 0 aliphatic carbocycles. The van der Waals surface area contributed by atoms with Gasteiger partial charge in [0.2, 0.25) is 0 Å². The van der Waals surface area contributed by atoms with Gasteiger partial charge in [-0.25, -0.2) is 4.98 Å². The molecule has 1 aliphatic rings. The highest BCUT2D eigenvalue weighted by Gasteiger charge is 2.24. The molecule has 1 aliphatic heterocycles. The Morgan fingerprint density at radius 1 is 1.25 bits per heavy atom. The van der Waals surface area contributed by atoms with Gasteiger partial charge in [0, 0.05) is 38.1 Å². The predicted molar refractivity (Wildman–Crippen MR) is 82.7 cm³/mol. The molecular formula is C16H22N4. The lowest BCUT2D eigenvalue weighted by Gasteiger charge is -2.25. The van der Waals surface area contributed by atoms with E-state index in [2.05, 4.69) is 46.9 Å². The van der Waals surface area contributed by atoms with E-state index in [0.717, 1.165) is 30.0 Å². The van der Waals surface area contributed by atoms with Crippen LogP contribution < -0.4 is 10.6 Å². The average Bonchev–Trinajstić information content (AvgIpc) is 2.83. The Bertz CT molecular complexity index is 597. The highest BCUT2D eigenvalue weighted by molar-refractivity contribution is 5.62. The van der Waals surface area contributed by atoms with Crippen molar-refractivity contribution in [3.63, 3.8) is 0 Å². The average molecular weight is 270 g/mol. The molecular weight excluding hydrogens is 248 g/mol. The second kappa shape index (κ2) is 4.94. The Kier molecular flexibility index (Phi) is 3.26. The van der Waals surface area contributed by atoms with Gasteiger partial charge in [-0.2, -0.15) is 0 Å². The van der Waals surface area contributed by atoms with Gasteiger partial charge in [0.1, 0.15) is 5.82 Å². The molecule has 2 aromatic rings. The summed E-state index contributed by atoms with van der Waals surface area (Å²) in [6.45, 7) is 3.26. The van der Waals surface area contributed by atoms with Gasteiger partial charge >= 0.3 is 0 Å². The van der Waals surface area contributed by atoms with Gasteiger partial charge in [-0.15, -0.1) is 0 Å². The van der Waals surface area contributed by atoms with Crippen molar-refractivity contribution in [3.05, 3.63) is 36.3 Å². The van der Waals surface area contributed by atoms with Crippen molar-refractivity contribution in [1.29, 1.82) is 0 Å². The first-order valence-corrected chi connectivity index (χ1v) is 7.15. The van der Waals surface area contributed by atoms with Crippen molar-refractivity contribution in [1.82, 2.24) is 9.55 Å². The molecule has 106 valence electrons. The molecule has 20 heavy (non-hydrogen) atoms. The third kappa shape index (κ3) is 2.31. The maximum atomic E-state index is 6.20. The molecule has 2 atom stereocenters. The lowest BCUT2D eigenvalue weighted by molar-refractivity contribution is 0.346. The van der Waals surface area contributed by atoms with E-state index in [4.69, 9.17) is 10.7 Å². The minimum absolute atomic E-state index is 0.0635. The van der Waals surface area contributed by atoms with E-state index in [1.165, 1.54) is 5.69 Å². The van der Waals surface area contributed by atoms with E-state index < -0.39 is 0 Å². The third-order valence-electron chi connectivity index (χ3n) is 3.98. The first-order valence-electron chi connectivity index (χ1n) is 7.15. The first kappa shape index (κ1) is 13.2. The van der Waals surface area contributed by atoms with Crippen molar-refractivity contribution in [2.45, 2.75) is 25.9 Å². The number of nitrogens with two attached hydrogens (primary N) is 1. The molecule has 2 heterocycles.